The van der Waals surface area contributed by atoms with Gasteiger partial charge in [0.15, 0.2) is 0 Å². The van der Waals surface area contributed by atoms with Crippen LogP contribution in [0.4, 0.5) is 5.69 Å². The van der Waals surface area contributed by atoms with Crippen molar-refractivity contribution in [1.82, 2.24) is 5.32 Å². The van der Waals surface area contributed by atoms with Crippen LogP contribution in [0.2, 0.25) is 15.1 Å². The number of sulfonamides is 1. The summed E-state index contributed by atoms with van der Waals surface area (Å²) in [6, 6.07) is 12.2. The maximum atomic E-state index is 12.2. The lowest BCUT2D eigenvalue weighted by molar-refractivity contribution is -0.119. The third-order valence-corrected chi connectivity index (χ3v) is 6.84. The molecule has 1 N–H and O–H groups in total. The molecule has 29 heavy (non-hydrogen) atoms. The fraction of sp³-hybridized carbons (Fsp3) is 0.316. The van der Waals surface area contributed by atoms with Crippen LogP contribution >= 0.6 is 46.6 Å². The van der Waals surface area contributed by atoms with Gasteiger partial charge in [-0.15, -0.1) is 0 Å². The van der Waals surface area contributed by atoms with Crippen molar-refractivity contribution in [1.29, 1.82) is 0 Å². The van der Waals surface area contributed by atoms with E-state index in [0.717, 1.165) is 34.1 Å². The number of benzene rings is 2. The van der Waals surface area contributed by atoms with Gasteiger partial charge in [-0.3, -0.25) is 9.10 Å². The molecule has 0 aliphatic heterocycles. The highest BCUT2D eigenvalue weighted by atomic mass is 35.5. The fourth-order valence-electron chi connectivity index (χ4n) is 2.46. The molecule has 2 aromatic carbocycles. The molecule has 0 spiro atoms. The van der Waals surface area contributed by atoms with Crippen LogP contribution in [0.3, 0.4) is 0 Å². The molecular weight excluding hydrogens is 475 g/mol. The Bertz CT molecular complexity index is 955. The second kappa shape index (κ2) is 11.3. The van der Waals surface area contributed by atoms with Crippen molar-refractivity contribution in [2.24, 2.45) is 0 Å². The van der Waals surface area contributed by atoms with Gasteiger partial charge in [-0.2, -0.15) is 11.8 Å². The topological polar surface area (TPSA) is 66.5 Å². The Hall–Kier alpha value is -1.12. The number of carbonyl (C=O) groups is 1. The number of hydrogen-bond acceptors (Lipinski definition) is 4. The molecule has 0 fully saturated rings. The van der Waals surface area contributed by atoms with Gasteiger partial charge in [0.2, 0.25) is 15.9 Å². The van der Waals surface area contributed by atoms with E-state index in [2.05, 4.69) is 5.32 Å². The molecule has 0 aliphatic rings. The first kappa shape index (κ1) is 24.2. The minimum atomic E-state index is -3.71. The van der Waals surface area contributed by atoms with Gasteiger partial charge in [0, 0.05) is 22.3 Å². The predicted octanol–water partition coefficient (Wildman–Crippen LogP) is 4.85. The van der Waals surface area contributed by atoms with Gasteiger partial charge in [0.05, 0.1) is 17.0 Å². The van der Waals surface area contributed by atoms with E-state index in [-0.39, 0.29) is 17.3 Å². The summed E-state index contributed by atoms with van der Waals surface area (Å²) < 4.78 is 25.2. The Balaban J connectivity index is 1.81. The molecule has 0 bridgehead atoms. The molecule has 158 valence electrons. The van der Waals surface area contributed by atoms with Crippen molar-refractivity contribution in [3.63, 3.8) is 0 Å². The quantitative estimate of drug-likeness (QED) is 0.478. The molecular formula is C19H21Cl3N2O3S2. The van der Waals surface area contributed by atoms with Crippen LogP contribution in [0, 0.1) is 0 Å². The zero-order valence-corrected chi connectivity index (χ0v) is 19.6. The SMILES string of the molecule is CS(=O)(=O)N(CC(=O)NCCCSCc1cccc(Cl)c1)c1cc(Cl)ccc1Cl. The Kier molecular flexibility index (Phi) is 9.43. The average Bonchev–Trinajstić information content (AvgIpc) is 2.64. The van der Waals surface area contributed by atoms with Crippen LogP contribution in [0.25, 0.3) is 0 Å². The molecule has 0 aromatic heterocycles. The Morgan fingerprint density at radius 1 is 1.10 bits per heavy atom. The van der Waals surface area contributed by atoms with E-state index in [1.165, 1.54) is 12.1 Å². The lowest BCUT2D eigenvalue weighted by Crippen LogP contribution is -2.40. The van der Waals surface area contributed by atoms with Gasteiger partial charge in [-0.05, 0) is 48.1 Å². The molecule has 1 amide bonds. The second-order valence-corrected chi connectivity index (χ2v) is 10.5. The van der Waals surface area contributed by atoms with E-state index in [1.807, 2.05) is 24.3 Å². The van der Waals surface area contributed by atoms with Gasteiger partial charge < -0.3 is 5.32 Å². The Labute approximate surface area is 190 Å². The first-order chi connectivity index (χ1) is 13.7. The number of anilines is 1. The van der Waals surface area contributed by atoms with Crippen LogP contribution in [0.1, 0.15) is 12.0 Å². The number of thioether (sulfide) groups is 1. The van der Waals surface area contributed by atoms with E-state index < -0.39 is 15.9 Å². The van der Waals surface area contributed by atoms with Crippen molar-refractivity contribution < 1.29 is 13.2 Å². The summed E-state index contributed by atoms with van der Waals surface area (Å²) in [6.07, 6.45) is 1.78. The summed E-state index contributed by atoms with van der Waals surface area (Å²) in [5.41, 5.74) is 1.32. The van der Waals surface area contributed by atoms with Crippen LogP contribution in [0.5, 0.6) is 0 Å². The summed E-state index contributed by atoms with van der Waals surface area (Å²) in [4.78, 5) is 12.2. The molecule has 0 heterocycles. The lowest BCUT2D eigenvalue weighted by atomic mass is 10.2. The second-order valence-electron chi connectivity index (χ2n) is 6.25. The van der Waals surface area contributed by atoms with E-state index in [9.17, 15) is 13.2 Å². The highest BCUT2D eigenvalue weighted by Gasteiger charge is 2.23. The first-order valence-corrected chi connectivity index (χ1v) is 12.8. The summed E-state index contributed by atoms with van der Waals surface area (Å²) in [5.74, 6) is 1.28. The van der Waals surface area contributed by atoms with Gasteiger partial charge >= 0.3 is 0 Å². The number of hydrogen-bond donors (Lipinski definition) is 1. The minimum absolute atomic E-state index is 0.175. The van der Waals surface area contributed by atoms with E-state index in [4.69, 9.17) is 34.8 Å². The van der Waals surface area contributed by atoms with Gasteiger partial charge in [-0.25, -0.2) is 8.42 Å². The van der Waals surface area contributed by atoms with E-state index in [1.54, 1.807) is 17.8 Å². The number of rotatable bonds is 10. The molecule has 10 heteroatoms. The fourth-order valence-corrected chi connectivity index (χ4v) is 4.88. The first-order valence-electron chi connectivity index (χ1n) is 8.68. The standard InChI is InChI=1S/C19H21Cl3N2O3S2/c1-29(26,27)24(18-11-16(21)6-7-17(18)22)12-19(25)23-8-3-9-28-13-14-4-2-5-15(20)10-14/h2,4-7,10-11H,3,8-9,12-13H2,1H3,(H,23,25). The van der Waals surface area contributed by atoms with Gasteiger partial charge in [-0.1, -0.05) is 46.9 Å². The molecule has 2 rings (SSSR count). The maximum Gasteiger partial charge on any atom is 0.240 e. The molecule has 5 nitrogen and oxygen atoms in total. The minimum Gasteiger partial charge on any atom is -0.354 e. The molecule has 0 saturated heterocycles. The number of nitrogens with one attached hydrogen (secondary N) is 1. The van der Waals surface area contributed by atoms with Crippen molar-refractivity contribution in [2.75, 3.05) is 29.4 Å². The van der Waals surface area contributed by atoms with Crippen molar-refractivity contribution in [3.05, 3.63) is 63.1 Å². The summed E-state index contributed by atoms with van der Waals surface area (Å²) >= 11 is 19.7. The highest BCUT2D eigenvalue weighted by Crippen LogP contribution is 2.30. The number of carbonyl (C=O) groups excluding carboxylic acids is 1. The molecule has 0 radical (unpaired) electrons. The van der Waals surface area contributed by atoms with Crippen LogP contribution in [-0.4, -0.2) is 39.4 Å². The van der Waals surface area contributed by atoms with Gasteiger partial charge in [0.25, 0.3) is 0 Å². The summed E-state index contributed by atoms with van der Waals surface area (Å²) in [5, 5.41) is 3.98. The summed E-state index contributed by atoms with van der Waals surface area (Å²) in [7, 11) is -3.71. The van der Waals surface area contributed by atoms with E-state index in [0.29, 0.717) is 16.6 Å². The zero-order chi connectivity index (χ0) is 21.4. The van der Waals surface area contributed by atoms with E-state index >= 15 is 0 Å². The van der Waals surface area contributed by atoms with Gasteiger partial charge in [0.1, 0.15) is 6.54 Å². The Morgan fingerprint density at radius 2 is 1.83 bits per heavy atom. The smallest absolute Gasteiger partial charge is 0.240 e. The van der Waals surface area contributed by atoms with Crippen molar-refractivity contribution in [2.45, 2.75) is 12.2 Å². The largest absolute Gasteiger partial charge is 0.354 e. The third kappa shape index (κ3) is 8.26. The number of amides is 1. The normalized spacial score (nSPS) is 11.3. The zero-order valence-electron chi connectivity index (χ0n) is 15.7. The van der Waals surface area contributed by atoms with Crippen LogP contribution in [0.15, 0.2) is 42.5 Å². The van der Waals surface area contributed by atoms with Crippen LogP contribution in [-0.2, 0) is 20.6 Å². The monoisotopic (exact) mass is 494 g/mol. The van der Waals surface area contributed by atoms with Crippen LogP contribution < -0.4 is 9.62 Å². The molecule has 2 aromatic rings. The molecule has 0 aliphatic carbocycles. The maximum absolute atomic E-state index is 12.2. The molecule has 0 atom stereocenters. The van der Waals surface area contributed by atoms with Crippen molar-refractivity contribution >= 4 is 68.2 Å². The molecule has 0 unspecified atom stereocenters. The third-order valence-electron chi connectivity index (χ3n) is 3.81. The summed E-state index contributed by atoms with van der Waals surface area (Å²) in [6.45, 7) is 0.0802. The highest BCUT2D eigenvalue weighted by molar-refractivity contribution is 7.98. The number of halogens is 3. The lowest BCUT2D eigenvalue weighted by Gasteiger charge is -2.23. The average molecular weight is 496 g/mol. The molecule has 0 saturated carbocycles. The predicted molar refractivity (Wildman–Crippen MR) is 124 cm³/mol. The Morgan fingerprint density at radius 3 is 2.52 bits per heavy atom. The van der Waals surface area contributed by atoms with Crippen molar-refractivity contribution in [3.8, 4) is 0 Å². The number of nitrogens with zero attached hydrogens (tertiary/aromatic N) is 1.